The van der Waals surface area contributed by atoms with Gasteiger partial charge in [-0.2, -0.15) is 0 Å². The highest BCUT2D eigenvalue weighted by Gasteiger charge is 2.16. The van der Waals surface area contributed by atoms with Crippen molar-refractivity contribution in [2.75, 3.05) is 13.2 Å². The van der Waals surface area contributed by atoms with Gasteiger partial charge in [0, 0.05) is 10.0 Å². The van der Waals surface area contributed by atoms with Crippen LogP contribution in [0.15, 0.2) is 16.6 Å². The van der Waals surface area contributed by atoms with Crippen LogP contribution in [0.4, 0.5) is 4.39 Å². The average molecular weight is 278 g/mol. The predicted octanol–water partition coefficient (Wildman–Crippen LogP) is 1.98. The summed E-state index contributed by atoms with van der Waals surface area (Å²) in [6, 6.07) is 2.31. The number of aliphatic hydroxyl groups excluding tert-OH is 1. The van der Waals surface area contributed by atoms with E-state index < -0.39 is 11.9 Å². The zero-order valence-electron chi connectivity index (χ0n) is 8.34. The third-order valence-electron chi connectivity index (χ3n) is 1.92. The largest absolute Gasteiger partial charge is 0.490 e. The Balaban J connectivity index is 3.20. The topological polar surface area (TPSA) is 55.5 Å². The zero-order chi connectivity index (χ0) is 11.4. The molecule has 0 radical (unpaired) electrons. The Labute approximate surface area is 96.2 Å². The molecule has 0 bridgehead atoms. The van der Waals surface area contributed by atoms with Crippen molar-refractivity contribution in [2.24, 2.45) is 5.73 Å². The van der Waals surface area contributed by atoms with Crippen molar-refractivity contribution >= 4 is 15.9 Å². The third kappa shape index (κ3) is 2.90. The molecule has 1 rings (SSSR count). The van der Waals surface area contributed by atoms with E-state index in [4.69, 9.17) is 15.6 Å². The average Bonchev–Trinajstić information content (AvgIpc) is 2.20. The first-order chi connectivity index (χ1) is 7.10. The molecule has 0 amide bonds. The standard InChI is InChI=1S/C10H13BrFNO2/c1-2-15-10-7(9(13)5-14)3-6(11)4-8(10)12/h3-4,9,14H,2,5,13H2,1H3. The van der Waals surface area contributed by atoms with Crippen LogP contribution in [0.1, 0.15) is 18.5 Å². The molecular weight excluding hydrogens is 265 g/mol. The van der Waals surface area contributed by atoms with Gasteiger partial charge in [-0.25, -0.2) is 4.39 Å². The summed E-state index contributed by atoms with van der Waals surface area (Å²) in [5.41, 5.74) is 6.11. The van der Waals surface area contributed by atoms with E-state index in [1.165, 1.54) is 6.07 Å². The molecule has 3 nitrogen and oxygen atoms in total. The number of nitrogens with two attached hydrogens (primary N) is 1. The number of hydrogen-bond acceptors (Lipinski definition) is 3. The van der Waals surface area contributed by atoms with Crippen molar-refractivity contribution in [2.45, 2.75) is 13.0 Å². The summed E-state index contributed by atoms with van der Waals surface area (Å²) in [4.78, 5) is 0. The van der Waals surface area contributed by atoms with Crippen molar-refractivity contribution < 1.29 is 14.2 Å². The molecule has 1 aromatic rings. The molecule has 0 saturated heterocycles. The van der Waals surface area contributed by atoms with Crippen LogP contribution < -0.4 is 10.5 Å². The van der Waals surface area contributed by atoms with E-state index in [9.17, 15) is 4.39 Å². The second-order valence-electron chi connectivity index (χ2n) is 3.03. The van der Waals surface area contributed by atoms with Crippen LogP contribution in [0.25, 0.3) is 0 Å². The summed E-state index contributed by atoms with van der Waals surface area (Å²) < 4.78 is 19.2. The molecule has 15 heavy (non-hydrogen) atoms. The zero-order valence-corrected chi connectivity index (χ0v) is 9.92. The molecule has 0 aliphatic heterocycles. The Morgan fingerprint density at radius 1 is 1.60 bits per heavy atom. The van der Waals surface area contributed by atoms with Crippen LogP contribution >= 0.6 is 15.9 Å². The van der Waals surface area contributed by atoms with Gasteiger partial charge in [-0.3, -0.25) is 0 Å². The molecule has 0 saturated carbocycles. The van der Waals surface area contributed by atoms with E-state index in [-0.39, 0.29) is 12.4 Å². The van der Waals surface area contributed by atoms with Crippen molar-refractivity contribution in [3.8, 4) is 5.75 Å². The fraction of sp³-hybridized carbons (Fsp3) is 0.400. The minimum atomic E-state index is -0.640. The summed E-state index contributed by atoms with van der Waals surface area (Å²) in [6.45, 7) is 1.86. The highest BCUT2D eigenvalue weighted by molar-refractivity contribution is 9.10. The molecule has 84 valence electrons. The normalized spacial score (nSPS) is 12.6. The second kappa shape index (κ2) is 5.44. The lowest BCUT2D eigenvalue weighted by atomic mass is 10.1. The Morgan fingerprint density at radius 3 is 2.80 bits per heavy atom. The Hall–Kier alpha value is -0.650. The summed E-state index contributed by atoms with van der Waals surface area (Å²) in [6.07, 6.45) is 0. The second-order valence-corrected chi connectivity index (χ2v) is 3.94. The molecule has 1 atom stereocenters. The molecule has 1 unspecified atom stereocenters. The number of halogens is 2. The number of benzene rings is 1. The molecule has 0 heterocycles. The fourth-order valence-electron chi connectivity index (χ4n) is 1.25. The van der Waals surface area contributed by atoms with Gasteiger partial charge in [-0.1, -0.05) is 15.9 Å². The predicted molar refractivity (Wildman–Crippen MR) is 59.3 cm³/mol. The fourth-order valence-corrected chi connectivity index (χ4v) is 1.70. The van der Waals surface area contributed by atoms with Crippen molar-refractivity contribution in [1.29, 1.82) is 0 Å². The van der Waals surface area contributed by atoms with Crippen LogP contribution in [-0.4, -0.2) is 18.3 Å². The highest BCUT2D eigenvalue weighted by Crippen LogP contribution is 2.30. The van der Waals surface area contributed by atoms with Gasteiger partial charge in [-0.15, -0.1) is 0 Å². The number of hydrogen-bond donors (Lipinski definition) is 2. The van der Waals surface area contributed by atoms with Crippen LogP contribution in [0.3, 0.4) is 0 Å². The molecule has 0 spiro atoms. The van der Waals surface area contributed by atoms with Crippen LogP contribution in [0.2, 0.25) is 0 Å². The summed E-state index contributed by atoms with van der Waals surface area (Å²) >= 11 is 3.16. The van der Waals surface area contributed by atoms with Crippen LogP contribution in [-0.2, 0) is 0 Å². The van der Waals surface area contributed by atoms with Gasteiger partial charge in [-0.05, 0) is 19.1 Å². The number of aliphatic hydroxyl groups is 1. The minimum Gasteiger partial charge on any atom is -0.490 e. The summed E-state index contributed by atoms with van der Waals surface area (Å²) in [7, 11) is 0. The molecule has 1 aromatic carbocycles. The smallest absolute Gasteiger partial charge is 0.166 e. The van der Waals surface area contributed by atoms with E-state index in [2.05, 4.69) is 15.9 Å². The molecule has 5 heteroatoms. The lowest BCUT2D eigenvalue weighted by Gasteiger charge is -2.15. The van der Waals surface area contributed by atoms with Crippen LogP contribution in [0.5, 0.6) is 5.75 Å². The van der Waals surface area contributed by atoms with E-state index in [1.54, 1.807) is 13.0 Å². The lowest BCUT2D eigenvalue weighted by Crippen LogP contribution is -2.16. The quantitative estimate of drug-likeness (QED) is 0.885. The molecular formula is C10H13BrFNO2. The monoisotopic (exact) mass is 277 g/mol. The van der Waals surface area contributed by atoms with Gasteiger partial charge in [0.1, 0.15) is 0 Å². The molecule has 0 aliphatic carbocycles. The Bertz CT molecular complexity index is 346. The van der Waals surface area contributed by atoms with Crippen molar-refractivity contribution in [3.05, 3.63) is 28.0 Å². The lowest BCUT2D eigenvalue weighted by molar-refractivity contribution is 0.259. The van der Waals surface area contributed by atoms with Gasteiger partial charge in [0.05, 0.1) is 19.3 Å². The van der Waals surface area contributed by atoms with Crippen LogP contribution in [0, 0.1) is 5.82 Å². The Kier molecular flexibility index (Phi) is 4.50. The minimum absolute atomic E-state index is 0.113. The molecule has 0 aromatic heterocycles. The van der Waals surface area contributed by atoms with Gasteiger partial charge in [0.15, 0.2) is 11.6 Å². The first kappa shape index (κ1) is 12.4. The maximum absolute atomic E-state index is 13.5. The SMILES string of the molecule is CCOc1c(F)cc(Br)cc1C(N)CO. The molecule has 0 aliphatic rings. The van der Waals surface area contributed by atoms with E-state index in [0.29, 0.717) is 16.6 Å². The number of rotatable bonds is 4. The van der Waals surface area contributed by atoms with E-state index >= 15 is 0 Å². The highest BCUT2D eigenvalue weighted by atomic mass is 79.9. The third-order valence-corrected chi connectivity index (χ3v) is 2.38. The number of ether oxygens (including phenoxy) is 1. The summed E-state index contributed by atoms with van der Waals surface area (Å²) in [5.74, 6) is -0.368. The maximum atomic E-state index is 13.5. The van der Waals surface area contributed by atoms with Gasteiger partial charge in [0.2, 0.25) is 0 Å². The van der Waals surface area contributed by atoms with Gasteiger partial charge in [0.25, 0.3) is 0 Å². The van der Waals surface area contributed by atoms with E-state index in [0.717, 1.165) is 0 Å². The molecule has 0 fully saturated rings. The van der Waals surface area contributed by atoms with Gasteiger partial charge < -0.3 is 15.6 Å². The summed E-state index contributed by atoms with van der Waals surface area (Å²) in [5, 5.41) is 8.94. The van der Waals surface area contributed by atoms with Crippen molar-refractivity contribution in [3.63, 3.8) is 0 Å². The van der Waals surface area contributed by atoms with Gasteiger partial charge >= 0.3 is 0 Å². The molecule has 3 N–H and O–H groups in total. The first-order valence-corrected chi connectivity index (χ1v) is 5.37. The first-order valence-electron chi connectivity index (χ1n) is 4.58. The van der Waals surface area contributed by atoms with E-state index in [1.807, 2.05) is 0 Å². The maximum Gasteiger partial charge on any atom is 0.166 e. The Morgan fingerprint density at radius 2 is 2.27 bits per heavy atom. The van der Waals surface area contributed by atoms with Crippen molar-refractivity contribution in [1.82, 2.24) is 0 Å².